The van der Waals surface area contributed by atoms with Crippen LogP contribution in [0.1, 0.15) is 11.7 Å². The molecule has 3 rings (SSSR count). The second-order valence-corrected chi connectivity index (χ2v) is 5.20. The zero-order valence-corrected chi connectivity index (χ0v) is 12.4. The van der Waals surface area contributed by atoms with E-state index in [1.807, 2.05) is 0 Å². The van der Waals surface area contributed by atoms with Crippen molar-refractivity contribution < 1.29 is 18.7 Å². The number of amides is 2. The van der Waals surface area contributed by atoms with Crippen molar-refractivity contribution in [1.82, 2.24) is 15.5 Å². The van der Waals surface area contributed by atoms with Crippen LogP contribution >= 0.6 is 0 Å². The zero-order valence-electron chi connectivity index (χ0n) is 12.4. The van der Waals surface area contributed by atoms with Crippen LogP contribution < -0.4 is 10.6 Å². The summed E-state index contributed by atoms with van der Waals surface area (Å²) in [5, 5.41) is 22.5. The van der Waals surface area contributed by atoms with E-state index in [2.05, 4.69) is 20.8 Å². The third-order valence-electron chi connectivity index (χ3n) is 3.48. The van der Waals surface area contributed by atoms with Gasteiger partial charge in [-0.1, -0.05) is 6.07 Å². The van der Waals surface area contributed by atoms with Gasteiger partial charge in [-0.05, 0) is 35.9 Å². The fraction of sp³-hybridized carbons (Fsp3) is 0.125. The van der Waals surface area contributed by atoms with Crippen molar-refractivity contribution in [3.63, 3.8) is 0 Å². The summed E-state index contributed by atoms with van der Waals surface area (Å²) in [6.45, 7) is -0.148. The predicted octanol–water partition coefficient (Wildman–Crippen LogP) is 2.70. The topological polar surface area (TPSA) is 90.0 Å². The predicted molar refractivity (Wildman–Crippen MR) is 84.4 cm³/mol. The van der Waals surface area contributed by atoms with Crippen molar-refractivity contribution in [2.24, 2.45) is 0 Å². The van der Waals surface area contributed by atoms with Crippen molar-refractivity contribution in [1.29, 1.82) is 0 Å². The molecule has 0 bridgehead atoms. The van der Waals surface area contributed by atoms with E-state index in [0.29, 0.717) is 5.69 Å². The number of H-pyrrole nitrogens is 1. The maximum atomic E-state index is 13.1. The summed E-state index contributed by atoms with van der Waals surface area (Å²) in [5.41, 5.74) is 1.58. The summed E-state index contributed by atoms with van der Waals surface area (Å²) in [5.74, 6) is -2.05. The van der Waals surface area contributed by atoms with Gasteiger partial charge >= 0.3 is 6.03 Å². The van der Waals surface area contributed by atoms with Crippen LogP contribution in [0.5, 0.6) is 0 Å². The van der Waals surface area contributed by atoms with Gasteiger partial charge in [0.15, 0.2) is 11.6 Å². The lowest BCUT2D eigenvalue weighted by atomic mass is 10.1. The minimum absolute atomic E-state index is 0.148. The average Bonchev–Trinajstić information content (AvgIpc) is 3.03. The molecule has 8 heteroatoms. The van der Waals surface area contributed by atoms with Gasteiger partial charge in [-0.25, -0.2) is 13.6 Å². The molecule has 0 unspecified atom stereocenters. The van der Waals surface area contributed by atoms with E-state index >= 15 is 0 Å². The monoisotopic (exact) mass is 332 g/mol. The first-order chi connectivity index (χ1) is 11.5. The lowest BCUT2D eigenvalue weighted by Gasteiger charge is -2.13. The van der Waals surface area contributed by atoms with Crippen LogP contribution in [0.4, 0.5) is 19.3 Å². The maximum absolute atomic E-state index is 13.1. The number of aromatic nitrogens is 2. The standard InChI is InChI=1S/C16H14F2N4O2/c17-12-3-1-9(6-13(12)18)15(23)8-19-16(24)21-11-2-4-14-10(5-11)7-20-22-14/h1-7,15,23H,8H2,(H,20,22)(H2,19,21,24)/t15-/m0/s1. The number of hydrogen-bond acceptors (Lipinski definition) is 3. The van der Waals surface area contributed by atoms with Crippen molar-refractivity contribution in [3.05, 3.63) is 59.8 Å². The van der Waals surface area contributed by atoms with Crippen molar-refractivity contribution in [3.8, 4) is 0 Å². The molecular weight excluding hydrogens is 318 g/mol. The average molecular weight is 332 g/mol. The molecule has 3 aromatic rings. The second-order valence-electron chi connectivity index (χ2n) is 5.20. The van der Waals surface area contributed by atoms with E-state index < -0.39 is 23.8 Å². The molecular formula is C16H14F2N4O2. The summed E-state index contributed by atoms with van der Waals surface area (Å²) in [4.78, 5) is 11.9. The van der Waals surface area contributed by atoms with Gasteiger partial charge in [0, 0.05) is 17.6 Å². The van der Waals surface area contributed by atoms with Crippen LogP contribution in [-0.2, 0) is 0 Å². The van der Waals surface area contributed by atoms with Gasteiger partial charge in [0.05, 0.1) is 17.8 Å². The van der Waals surface area contributed by atoms with Gasteiger partial charge in [-0.3, -0.25) is 5.10 Å². The molecule has 1 heterocycles. The first-order valence-electron chi connectivity index (χ1n) is 7.14. The van der Waals surface area contributed by atoms with Crippen LogP contribution in [0.15, 0.2) is 42.6 Å². The van der Waals surface area contributed by atoms with Crippen LogP contribution in [-0.4, -0.2) is 27.9 Å². The lowest BCUT2D eigenvalue weighted by molar-refractivity contribution is 0.174. The number of aliphatic hydroxyl groups excluding tert-OH is 1. The Bertz CT molecular complexity index is 881. The highest BCUT2D eigenvalue weighted by molar-refractivity contribution is 5.92. The normalized spacial score (nSPS) is 12.1. The number of carbonyl (C=O) groups is 1. The summed E-state index contributed by atoms with van der Waals surface area (Å²) in [6.07, 6.45) is 0.479. The molecule has 4 N–H and O–H groups in total. The van der Waals surface area contributed by atoms with Crippen molar-refractivity contribution in [2.75, 3.05) is 11.9 Å². The Balaban J connectivity index is 1.57. The highest BCUT2D eigenvalue weighted by Crippen LogP contribution is 2.17. The second kappa shape index (κ2) is 6.63. The minimum Gasteiger partial charge on any atom is -0.387 e. The molecule has 0 aliphatic heterocycles. The van der Waals surface area contributed by atoms with Crippen LogP contribution in [0.25, 0.3) is 10.9 Å². The Morgan fingerprint density at radius 1 is 1.21 bits per heavy atom. The Hall–Kier alpha value is -3.00. The minimum atomic E-state index is -1.15. The van der Waals surface area contributed by atoms with Crippen molar-refractivity contribution >= 4 is 22.6 Å². The fourth-order valence-corrected chi connectivity index (χ4v) is 2.22. The van der Waals surface area contributed by atoms with Gasteiger partial charge < -0.3 is 15.7 Å². The van der Waals surface area contributed by atoms with E-state index in [0.717, 1.165) is 23.0 Å². The molecule has 0 saturated heterocycles. The van der Waals surface area contributed by atoms with E-state index in [4.69, 9.17) is 0 Å². The summed E-state index contributed by atoms with van der Waals surface area (Å²) in [7, 11) is 0. The molecule has 124 valence electrons. The molecule has 0 aliphatic rings. The number of benzene rings is 2. The maximum Gasteiger partial charge on any atom is 0.319 e. The summed E-state index contributed by atoms with van der Waals surface area (Å²) < 4.78 is 26.0. The number of nitrogens with one attached hydrogen (secondary N) is 3. The van der Waals surface area contributed by atoms with Crippen LogP contribution in [0, 0.1) is 11.6 Å². The highest BCUT2D eigenvalue weighted by atomic mass is 19.2. The number of aromatic amines is 1. The fourth-order valence-electron chi connectivity index (χ4n) is 2.22. The quantitative estimate of drug-likeness (QED) is 0.592. The summed E-state index contributed by atoms with van der Waals surface area (Å²) >= 11 is 0. The number of rotatable bonds is 4. The van der Waals surface area contributed by atoms with E-state index in [-0.39, 0.29) is 12.1 Å². The number of carbonyl (C=O) groups excluding carboxylic acids is 1. The molecule has 2 aromatic carbocycles. The summed E-state index contributed by atoms with van der Waals surface area (Å²) in [6, 6.07) is 7.76. The number of anilines is 1. The molecule has 2 amide bonds. The highest BCUT2D eigenvalue weighted by Gasteiger charge is 2.12. The SMILES string of the molecule is O=C(NC[C@H](O)c1ccc(F)c(F)c1)Nc1ccc2[nH]ncc2c1. The Morgan fingerprint density at radius 2 is 2.04 bits per heavy atom. The first-order valence-corrected chi connectivity index (χ1v) is 7.14. The number of hydrogen-bond donors (Lipinski definition) is 4. The first kappa shape index (κ1) is 15.9. The van der Waals surface area contributed by atoms with Crippen molar-refractivity contribution in [2.45, 2.75) is 6.10 Å². The van der Waals surface area contributed by atoms with E-state index in [1.165, 1.54) is 6.07 Å². The Labute approximate surface area is 135 Å². The number of halogens is 2. The number of fused-ring (bicyclic) bond motifs is 1. The molecule has 6 nitrogen and oxygen atoms in total. The molecule has 0 spiro atoms. The smallest absolute Gasteiger partial charge is 0.319 e. The van der Waals surface area contributed by atoms with Gasteiger partial charge in [0.2, 0.25) is 0 Å². The number of nitrogens with zero attached hydrogens (tertiary/aromatic N) is 1. The van der Waals surface area contributed by atoms with E-state index in [9.17, 15) is 18.7 Å². The van der Waals surface area contributed by atoms with Crippen LogP contribution in [0.3, 0.4) is 0 Å². The van der Waals surface area contributed by atoms with Gasteiger partial charge in [-0.15, -0.1) is 0 Å². The third-order valence-corrected chi connectivity index (χ3v) is 3.48. The molecule has 1 atom stereocenters. The molecule has 0 saturated carbocycles. The Morgan fingerprint density at radius 3 is 2.83 bits per heavy atom. The van der Waals surface area contributed by atoms with E-state index in [1.54, 1.807) is 24.4 Å². The molecule has 0 fully saturated rings. The lowest BCUT2D eigenvalue weighted by Crippen LogP contribution is -2.32. The largest absolute Gasteiger partial charge is 0.387 e. The third kappa shape index (κ3) is 3.49. The molecule has 0 radical (unpaired) electrons. The Kier molecular flexibility index (Phi) is 4.39. The van der Waals surface area contributed by atoms with Gasteiger partial charge in [0.25, 0.3) is 0 Å². The number of urea groups is 1. The van der Waals surface area contributed by atoms with Crippen LogP contribution in [0.2, 0.25) is 0 Å². The number of aliphatic hydroxyl groups is 1. The molecule has 1 aromatic heterocycles. The molecule has 0 aliphatic carbocycles. The van der Waals surface area contributed by atoms with Gasteiger partial charge in [-0.2, -0.15) is 5.10 Å². The molecule has 24 heavy (non-hydrogen) atoms. The zero-order chi connectivity index (χ0) is 17.1. The van der Waals surface area contributed by atoms with Gasteiger partial charge in [0.1, 0.15) is 0 Å².